The Labute approximate surface area is 141 Å². The van der Waals surface area contributed by atoms with Crippen molar-refractivity contribution in [2.75, 3.05) is 0 Å². The Morgan fingerprint density at radius 1 is 1.12 bits per heavy atom. The molecule has 0 heterocycles. The zero-order chi connectivity index (χ0) is 17.5. The fourth-order valence-corrected chi connectivity index (χ4v) is 2.17. The third-order valence-electron chi connectivity index (χ3n) is 3.59. The number of azo groups is 1. The van der Waals surface area contributed by atoms with Crippen LogP contribution in [-0.4, -0.2) is 16.2 Å². The molecule has 124 valence electrons. The lowest BCUT2D eigenvalue weighted by molar-refractivity contribution is -0.132. The quantitative estimate of drug-likeness (QED) is 0.550. The van der Waals surface area contributed by atoms with Crippen LogP contribution in [0, 0.1) is 6.92 Å². The molecule has 0 aliphatic heterocycles. The maximum atomic E-state index is 10.7. The fourth-order valence-electron chi connectivity index (χ4n) is 2.17. The lowest BCUT2D eigenvalue weighted by atomic mass is 10.0. The summed E-state index contributed by atoms with van der Waals surface area (Å²) in [5.74, 6) is -0.843. The van der Waals surface area contributed by atoms with Gasteiger partial charge >= 0.3 is 5.97 Å². The number of carboxylic acids is 1. The van der Waals surface area contributed by atoms with Gasteiger partial charge in [-0.2, -0.15) is 5.11 Å². The molecule has 5 heteroatoms. The third kappa shape index (κ3) is 5.05. The van der Waals surface area contributed by atoms with Gasteiger partial charge in [0.25, 0.3) is 0 Å². The van der Waals surface area contributed by atoms with Gasteiger partial charge in [-0.3, -0.25) is 0 Å². The van der Waals surface area contributed by atoms with Crippen molar-refractivity contribution in [3.05, 3.63) is 65.7 Å². The van der Waals surface area contributed by atoms with Gasteiger partial charge in [0.05, 0.1) is 5.69 Å². The molecule has 2 aromatic carbocycles. The Kier molecular flexibility index (Phi) is 5.84. The van der Waals surface area contributed by atoms with Gasteiger partial charge in [-0.15, -0.1) is 5.11 Å². The first-order valence-electron chi connectivity index (χ1n) is 7.67. The highest BCUT2D eigenvalue weighted by molar-refractivity contribution is 5.85. The van der Waals surface area contributed by atoms with Gasteiger partial charge in [0.2, 0.25) is 0 Å². The average molecular weight is 324 g/mol. The summed E-state index contributed by atoms with van der Waals surface area (Å²) in [5.41, 5.74) is 3.46. The summed E-state index contributed by atoms with van der Waals surface area (Å²) in [7, 11) is 0. The number of phenolic OH excluding ortho intramolecular Hbond substituents is 1. The summed E-state index contributed by atoms with van der Waals surface area (Å²) in [4.78, 5) is 10.7. The Bertz CT molecular complexity index is 765. The molecule has 0 aliphatic rings. The predicted octanol–water partition coefficient (Wildman–Crippen LogP) is 5.08. The summed E-state index contributed by atoms with van der Waals surface area (Å²) in [5, 5.41) is 26.7. The molecular formula is C19H20N2O3. The highest BCUT2D eigenvalue weighted by Crippen LogP contribution is 2.28. The zero-order valence-corrected chi connectivity index (χ0v) is 13.6. The first-order chi connectivity index (χ1) is 11.5. The largest absolute Gasteiger partial charge is 0.506 e. The maximum absolute atomic E-state index is 10.7. The van der Waals surface area contributed by atoms with Crippen LogP contribution >= 0.6 is 0 Å². The molecule has 0 bridgehead atoms. The molecule has 2 aromatic rings. The van der Waals surface area contributed by atoms with Gasteiger partial charge in [-0.1, -0.05) is 24.8 Å². The van der Waals surface area contributed by atoms with E-state index in [0.29, 0.717) is 17.8 Å². The van der Waals surface area contributed by atoms with Gasteiger partial charge < -0.3 is 10.2 Å². The standard InChI is InChI=1S/C19H20N2O3/c1-13-6-11-18(22)17(12-13)21-20-16-9-7-15(8-10-16)5-3-4-14(2)19(23)24/h6-12,22H,2-5H2,1H3,(H,23,24). The summed E-state index contributed by atoms with van der Waals surface area (Å²) in [6, 6.07) is 12.7. The highest BCUT2D eigenvalue weighted by atomic mass is 16.4. The van der Waals surface area contributed by atoms with Crippen molar-refractivity contribution in [1.82, 2.24) is 0 Å². The van der Waals surface area contributed by atoms with Crippen LogP contribution in [0.25, 0.3) is 0 Å². The average Bonchev–Trinajstić information content (AvgIpc) is 2.56. The molecule has 2 N–H and O–H groups in total. The molecule has 0 fully saturated rings. The van der Waals surface area contributed by atoms with Crippen LogP contribution in [-0.2, 0) is 11.2 Å². The zero-order valence-electron chi connectivity index (χ0n) is 13.6. The molecule has 0 aromatic heterocycles. The number of rotatable bonds is 7. The minimum atomic E-state index is -0.940. The number of carbonyl (C=O) groups is 1. The van der Waals surface area contributed by atoms with Crippen molar-refractivity contribution in [2.24, 2.45) is 10.2 Å². The molecule has 5 nitrogen and oxygen atoms in total. The SMILES string of the molecule is C=C(CCCc1ccc(N=Nc2cc(C)ccc2O)cc1)C(=O)O. The molecule has 24 heavy (non-hydrogen) atoms. The van der Waals surface area contributed by atoms with Crippen LogP contribution in [0.3, 0.4) is 0 Å². The second-order valence-corrected chi connectivity index (χ2v) is 5.62. The summed E-state index contributed by atoms with van der Waals surface area (Å²) < 4.78 is 0. The second-order valence-electron chi connectivity index (χ2n) is 5.62. The Morgan fingerprint density at radius 3 is 2.50 bits per heavy atom. The number of aromatic hydroxyl groups is 1. The van der Waals surface area contributed by atoms with Gasteiger partial charge in [0, 0.05) is 5.57 Å². The number of carboxylic acid groups (broad SMARTS) is 1. The molecule has 2 rings (SSSR count). The van der Waals surface area contributed by atoms with Crippen LogP contribution in [0.2, 0.25) is 0 Å². The van der Waals surface area contributed by atoms with E-state index in [1.165, 1.54) is 0 Å². The van der Waals surface area contributed by atoms with E-state index in [-0.39, 0.29) is 11.3 Å². The Balaban J connectivity index is 1.94. The van der Waals surface area contributed by atoms with Crippen LogP contribution in [0.4, 0.5) is 11.4 Å². The van der Waals surface area contributed by atoms with E-state index in [4.69, 9.17) is 5.11 Å². The molecule has 0 radical (unpaired) electrons. The number of nitrogens with zero attached hydrogens (tertiary/aromatic N) is 2. The maximum Gasteiger partial charge on any atom is 0.330 e. The van der Waals surface area contributed by atoms with E-state index < -0.39 is 5.97 Å². The first-order valence-corrected chi connectivity index (χ1v) is 7.67. The Morgan fingerprint density at radius 2 is 1.83 bits per heavy atom. The van der Waals surface area contributed by atoms with Crippen LogP contribution in [0.1, 0.15) is 24.0 Å². The molecular weight excluding hydrogens is 304 g/mol. The molecule has 0 aliphatic carbocycles. The molecule has 0 amide bonds. The van der Waals surface area contributed by atoms with E-state index in [9.17, 15) is 9.90 Å². The summed E-state index contributed by atoms with van der Waals surface area (Å²) >= 11 is 0. The van der Waals surface area contributed by atoms with E-state index in [1.54, 1.807) is 12.1 Å². The van der Waals surface area contributed by atoms with Gasteiger partial charge in [0.15, 0.2) is 0 Å². The number of hydrogen-bond acceptors (Lipinski definition) is 4. The number of aryl methyl sites for hydroxylation is 2. The predicted molar refractivity (Wildman–Crippen MR) is 93.2 cm³/mol. The topological polar surface area (TPSA) is 82.2 Å². The molecule has 0 atom stereocenters. The Hall–Kier alpha value is -2.95. The van der Waals surface area contributed by atoms with Crippen molar-refractivity contribution >= 4 is 17.3 Å². The molecule has 0 saturated carbocycles. The molecule has 0 saturated heterocycles. The lowest BCUT2D eigenvalue weighted by Gasteiger charge is -2.02. The molecule has 0 spiro atoms. The molecule has 0 unspecified atom stereocenters. The smallest absolute Gasteiger partial charge is 0.330 e. The van der Waals surface area contributed by atoms with Crippen molar-refractivity contribution in [1.29, 1.82) is 0 Å². The van der Waals surface area contributed by atoms with E-state index in [0.717, 1.165) is 24.0 Å². The van der Waals surface area contributed by atoms with E-state index >= 15 is 0 Å². The lowest BCUT2D eigenvalue weighted by Crippen LogP contribution is -1.99. The van der Waals surface area contributed by atoms with Crippen molar-refractivity contribution in [3.8, 4) is 5.75 Å². The highest BCUT2D eigenvalue weighted by Gasteiger charge is 2.04. The summed E-state index contributed by atoms with van der Waals surface area (Å²) in [6.45, 7) is 5.44. The van der Waals surface area contributed by atoms with Crippen LogP contribution in [0.5, 0.6) is 5.75 Å². The van der Waals surface area contributed by atoms with E-state index in [1.807, 2.05) is 37.3 Å². The van der Waals surface area contributed by atoms with E-state index in [2.05, 4.69) is 16.8 Å². The van der Waals surface area contributed by atoms with Crippen molar-refractivity contribution < 1.29 is 15.0 Å². The van der Waals surface area contributed by atoms with Gasteiger partial charge in [0.1, 0.15) is 11.4 Å². The van der Waals surface area contributed by atoms with Crippen LogP contribution < -0.4 is 0 Å². The minimum absolute atomic E-state index is 0.0969. The number of hydrogen-bond donors (Lipinski definition) is 2. The third-order valence-corrected chi connectivity index (χ3v) is 3.59. The van der Waals surface area contributed by atoms with Gasteiger partial charge in [-0.25, -0.2) is 4.79 Å². The fraction of sp³-hybridized carbons (Fsp3) is 0.211. The second kappa shape index (κ2) is 8.06. The van der Waals surface area contributed by atoms with Gasteiger partial charge in [-0.05, 0) is 61.6 Å². The van der Waals surface area contributed by atoms with Crippen molar-refractivity contribution in [2.45, 2.75) is 26.2 Å². The number of benzene rings is 2. The normalized spacial score (nSPS) is 10.9. The first kappa shape index (κ1) is 17.4. The van der Waals surface area contributed by atoms with Crippen LogP contribution in [0.15, 0.2) is 64.8 Å². The van der Waals surface area contributed by atoms with Crippen molar-refractivity contribution in [3.63, 3.8) is 0 Å². The monoisotopic (exact) mass is 324 g/mol. The number of aliphatic carboxylic acids is 1. The minimum Gasteiger partial charge on any atom is -0.506 e. The number of phenols is 1. The summed E-state index contributed by atoms with van der Waals surface area (Å²) in [6.07, 6.45) is 2.00.